The van der Waals surface area contributed by atoms with Crippen LogP contribution in [0.15, 0.2) is 11.8 Å². The van der Waals surface area contributed by atoms with Crippen LogP contribution in [-0.2, 0) is 0 Å². The predicted octanol–water partition coefficient (Wildman–Crippen LogP) is 1.98. The Kier molecular flexibility index (Phi) is 3.40. The number of allylic oxidation sites excluding steroid dienone is 2. The third-order valence-electron chi connectivity index (χ3n) is 2.13. The van der Waals surface area contributed by atoms with Gasteiger partial charge < -0.3 is 10.2 Å². The molecule has 0 spiro atoms. The summed E-state index contributed by atoms with van der Waals surface area (Å²) in [5, 5.41) is 19.1. The molecule has 1 aliphatic rings. The van der Waals surface area contributed by atoms with Gasteiger partial charge in [-0.1, -0.05) is 15.9 Å². The number of halogens is 1. The number of rotatable bonds is 2. The van der Waals surface area contributed by atoms with Crippen molar-refractivity contribution in [2.24, 2.45) is 5.92 Å². The average molecular weight is 221 g/mol. The third kappa shape index (κ3) is 2.49. The lowest BCUT2D eigenvalue weighted by molar-refractivity contribution is 0.119. The van der Waals surface area contributed by atoms with Crippen molar-refractivity contribution in [2.45, 2.75) is 25.4 Å². The average Bonchev–Trinajstić information content (AvgIpc) is 2.05. The Bertz CT molecular complexity index is 156. The standard InChI is InChI=1S/C8H13BrO2/c9-5-8(11)6-1-3-7(10)4-2-6/h3,6,8,10-11H,1-2,4-5H2. The zero-order valence-corrected chi connectivity index (χ0v) is 7.92. The zero-order valence-electron chi connectivity index (χ0n) is 6.33. The van der Waals surface area contributed by atoms with Crippen molar-refractivity contribution in [1.29, 1.82) is 0 Å². The molecule has 0 saturated heterocycles. The second-order valence-corrected chi connectivity index (χ2v) is 3.60. The molecule has 0 aromatic carbocycles. The van der Waals surface area contributed by atoms with E-state index in [2.05, 4.69) is 15.9 Å². The lowest BCUT2D eigenvalue weighted by Gasteiger charge is -2.23. The van der Waals surface area contributed by atoms with E-state index in [-0.39, 0.29) is 6.10 Å². The number of hydrogen-bond donors (Lipinski definition) is 2. The molecule has 0 saturated carbocycles. The van der Waals surface area contributed by atoms with Gasteiger partial charge >= 0.3 is 0 Å². The Morgan fingerprint density at radius 2 is 2.45 bits per heavy atom. The van der Waals surface area contributed by atoms with Crippen molar-refractivity contribution in [1.82, 2.24) is 0 Å². The first-order chi connectivity index (χ1) is 5.24. The number of alkyl halides is 1. The smallest absolute Gasteiger partial charge is 0.0883 e. The van der Waals surface area contributed by atoms with Crippen LogP contribution >= 0.6 is 15.9 Å². The molecule has 0 bridgehead atoms. The highest BCUT2D eigenvalue weighted by atomic mass is 79.9. The predicted molar refractivity (Wildman–Crippen MR) is 47.9 cm³/mol. The van der Waals surface area contributed by atoms with Crippen LogP contribution in [0.1, 0.15) is 19.3 Å². The molecule has 0 aliphatic heterocycles. The molecular weight excluding hydrogens is 208 g/mol. The third-order valence-corrected chi connectivity index (χ3v) is 2.79. The summed E-state index contributed by atoms with van der Waals surface area (Å²) in [6.07, 6.45) is 3.96. The molecule has 0 radical (unpaired) electrons. The summed E-state index contributed by atoms with van der Waals surface area (Å²) in [5.41, 5.74) is 0. The number of aliphatic hydroxyl groups is 2. The fourth-order valence-electron chi connectivity index (χ4n) is 1.32. The molecule has 1 rings (SSSR count). The second-order valence-electron chi connectivity index (χ2n) is 2.95. The number of aliphatic hydroxyl groups excluding tert-OH is 2. The molecule has 2 unspecified atom stereocenters. The van der Waals surface area contributed by atoms with E-state index in [1.165, 1.54) is 0 Å². The fraction of sp³-hybridized carbons (Fsp3) is 0.750. The first-order valence-electron chi connectivity index (χ1n) is 3.86. The molecule has 2 atom stereocenters. The van der Waals surface area contributed by atoms with Crippen molar-refractivity contribution < 1.29 is 10.2 Å². The van der Waals surface area contributed by atoms with Crippen LogP contribution in [0.4, 0.5) is 0 Å². The summed E-state index contributed by atoms with van der Waals surface area (Å²) in [4.78, 5) is 0. The lowest BCUT2D eigenvalue weighted by Crippen LogP contribution is -2.23. The number of hydrogen-bond acceptors (Lipinski definition) is 2. The van der Waals surface area contributed by atoms with Gasteiger partial charge in [0.05, 0.1) is 11.9 Å². The minimum Gasteiger partial charge on any atom is -0.513 e. The second kappa shape index (κ2) is 4.12. The van der Waals surface area contributed by atoms with Crippen molar-refractivity contribution in [3.63, 3.8) is 0 Å². The Labute approximate surface area is 75.1 Å². The normalized spacial score (nSPS) is 27.8. The maximum Gasteiger partial charge on any atom is 0.0883 e. The van der Waals surface area contributed by atoms with Crippen LogP contribution in [0.2, 0.25) is 0 Å². The van der Waals surface area contributed by atoms with Gasteiger partial charge in [-0.2, -0.15) is 0 Å². The van der Waals surface area contributed by atoms with Gasteiger partial charge in [-0.3, -0.25) is 0 Å². The van der Waals surface area contributed by atoms with Crippen molar-refractivity contribution >= 4 is 15.9 Å². The molecule has 11 heavy (non-hydrogen) atoms. The monoisotopic (exact) mass is 220 g/mol. The molecule has 3 heteroatoms. The van der Waals surface area contributed by atoms with Crippen LogP contribution in [0, 0.1) is 5.92 Å². The molecule has 0 amide bonds. The van der Waals surface area contributed by atoms with E-state index in [0.29, 0.717) is 23.4 Å². The van der Waals surface area contributed by atoms with Crippen LogP contribution in [0.3, 0.4) is 0 Å². The minimum absolute atomic E-state index is 0.264. The molecule has 2 nitrogen and oxygen atoms in total. The Hall–Kier alpha value is -0.0200. The van der Waals surface area contributed by atoms with Crippen LogP contribution in [0.5, 0.6) is 0 Å². The molecule has 64 valence electrons. The highest BCUT2D eigenvalue weighted by Crippen LogP contribution is 2.25. The topological polar surface area (TPSA) is 40.5 Å². The largest absolute Gasteiger partial charge is 0.513 e. The van der Waals surface area contributed by atoms with E-state index in [4.69, 9.17) is 5.11 Å². The first kappa shape index (κ1) is 9.07. The molecule has 0 aromatic rings. The van der Waals surface area contributed by atoms with Gasteiger partial charge in [-0.15, -0.1) is 0 Å². The summed E-state index contributed by atoms with van der Waals surface area (Å²) >= 11 is 3.23. The summed E-state index contributed by atoms with van der Waals surface area (Å²) in [7, 11) is 0. The van der Waals surface area contributed by atoms with Gasteiger partial charge in [0.25, 0.3) is 0 Å². The maximum absolute atomic E-state index is 9.41. The van der Waals surface area contributed by atoms with Gasteiger partial charge in [0, 0.05) is 11.8 Å². The van der Waals surface area contributed by atoms with Crippen molar-refractivity contribution in [3.05, 3.63) is 11.8 Å². The highest BCUT2D eigenvalue weighted by Gasteiger charge is 2.20. The minimum atomic E-state index is -0.264. The lowest BCUT2D eigenvalue weighted by atomic mass is 9.89. The van der Waals surface area contributed by atoms with Crippen molar-refractivity contribution in [3.8, 4) is 0 Å². The molecular formula is C8H13BrO2. The molecule has 0 aromatic heterocycles. The maximum atomic E-state index is 9.41. The van der Waals surface area contributed by atoms with Crippen LogP contribution < -0.4 is 0 Å². The Balaban J connectivity index is 2.40. The summed E-state index contributed by atoms with van der Waals surface area (Å²) in [5.74, 6) is 0.799. The van der Waals surface area contributed by atoms with Gasteiger partial charge in [-0.25, -0.2) is 0 Å². The van der Waals surface area contributed by atoms with E-state index in [1.54, 1.807) is 6.08 Å². The van der Waals surface area contributed by atoms with Gasteiger partial charge in [0.15, 0.2) is 0 Å². The van der Waals surface area contributed by atoms with Gasteiger partial charge in [0.1, 0.15) is 0 Å². The van der Waals surface area contributed by atoms with Gasteiger partial charge in [0.2, 0.25) is 0 Å². The quantitative estimate of drug-likeness (QED) is 0.700. The van der Waals surface area contributed by atoms with Crippen LogP contribution in [0.25, 0.3) is 0 Å². The van der Waals surface area contributed by atoms with Crippen molar-refractivity contribution in [2.75, 3.05) is 5.33 Å². The fourth-order valence-corrected chi connectivity index (χ4v) is 1.84. The summed E-state index contributed by atoms with van der Waals surface area (Å²) in [6, 6.07) is 0. The Morgan fingerprint density at radius 3 is 2.91 bits per heavy atom. The van der Waals surface area contributed by atoms with Gasteiger partial charge in [-0.05, 0) is 24.8 Å². The van der Waals surface area contributed by atoms with E-state index in [0.717, 1.165) is 12.8 Å². The van der Waals surface area contributed by atoms with E-state index in [9.17, 15) is 5.11 Å². The first-order valence-corrected chi connectivity index (χ1v) is 4.98. The van der Waals surface area contributed by atoms with E-state index < -0.39 is 0 Å². The molecule has 1 aliphatic carbocycles. The summed E-state index contributed by atoms with van der Waals surface area (Å²) < 4.78 is 0. The van der Waals surface area contributed by atoms with E-state index in [1.807, 2.05) is 0 Å². The summed E-state index contributed by atoms with van der Waals surface area (Å²) in [6.45, 7) is 0. The SMILES string of the molecule is OC1=CCC(C(O)CBr)CC1. The molecule has 0 heterocycles. The molecule has 2 N–H and O–H groups in total. The molecule has 0 fully saturated rings. The van der Waals surface area contributed by atoms with E-state index >= 15 is 0 Å². The Morgan fingerprint density at radius 1 is 1.73 bits per heavy atom. The van der Waals surface area contributed by atoms with Crippen LogP contribution in [-0.4, -0.2) is 21.6 Å². The zero-order chi connectivity index (χ0) is 8.27. The highest BCUT2D eigenvalue weighted by molar-refractivity contribution is 9.09.